The highest BCUT2D eigenvalue weighted by atomic mass is 35.5. The van der Waals surface area contributed by atoms with Gasteiger partial charge in [0.2, 0.25) is 0 Å². The summed E-state index contributed by atoms with van der Waals surface area (Å²) >= 11 is 5.83. The fraction of sp³-hybridized carbons (Fsp3) is 0.500. The van der Waals surface area contributed by atoms with Crippen molar-refractivity contribution in [1.29, 1.82) is 0 Å². The van der Waals surface area contributed by atoms with Crippen LogP contribution in [0, 0.1) is 11.6 Å². The molecule has 0 atom stereocenters. The highest BCUT2D eigenvalue weighted by molar-refractivity contribution is 6.33. The van der Waals surface area contributed by atoms with Gasteiger partial charge < -0.3 is 14.4 Å². The Morgan fingerprint density at radius 2 is 1.71 bits per heavy atom. The second-order valence-corrected chi connectivity index (χ2v) is 5.55. The van der Waals surface area contributed by atoms with Crippen molar-refractivity contribution in [2.24, 2.45) is 0 Å². The van der Waals surface area contributed by atoms with E-state index in [9.17, 15) is 13.6 Å². The van der Waals surface area contributed by atoms with E-state index in [-0.39, 0.29) is 10.6 Å². The molecule has 2 saturated heterocycles. The van der Waals surface area contributed by atoms with Crippen LogP contribution in [0.15, 0.2) is 12.1 Å². The highest BCUT2D eigenvalue weighted by Crippen LogP contribution is 2.32. The monoisotopic (exact) mass is 317 g/mol. The zero-order chi connectivity index (χ0) is 15.0. The van der Waals surface area contributed by atoms with Gasteiger partial charge in [-0.25, -0.2) is 8.78 Å². The topological polar surface area (TPSA) is 38.8 Å². The summed E-state index contributed by atoms with van der Waals surface area (Å²) in [7, 11) is 0. The van der Waals surface area contributed by atoms with Crippen molar-refractivity contribution in [2.75, 3.05) is 26.3 Å². The van der Waals surface area contributed by atoms with Gasteiger partial charge in [0.15, 0.2) is 17.4 Å². The lowest BCUT2D eigenvalue weighted by Gasteiger charge is -2.37. The number of carbonyl (C=O) groups excluding carboxylic acids is 1. The molecule has 7 heteroatoms. The van der Waals surface area contributed by atoms with Gasteiger partial charge in [0.1, 0.15) is 0 Å². The Labute approximate surface area is 125 Å². The van der Waals surface area contributed by atoms with E-state index in [1.807, 2.05) is 0 Å². The molecule has 0 saturated carbocycles. The highest BCUT2D eigenvalue weighted by Gasteiger charge is 2.41. The number of hydrogen-bond acceptors (Lipinski definition) is 3. The minimum absolute atomic E-state index is 0.0280. The SMILES string of the molecule is O=C(c1cc(F)c(F)cc1Cl)N1CCC2(CC1)OCCO2. The van der Waals surface area contributed by atoms with Crippen LogP contribution in [0.5, 0.6) is 0 Å². The van der Waals surface area contributed by atoms with Crippen molar-refractivity contribution in [3.05, 3.63) is 34.4 Å². The van der Waals surface area contributed by atoms with Crippen LogP contribution in [0.25, 0.3) is 0 Å². The van der Waals surface area contributed by atoms with E-state index in [4.69, 9.17) is 21.1 Å². The number of piperidine rings is 1. The van der Waals surface area contributed by atoms with E-state index in [2.05, 4.69) is 0 Å². The molecule has 2 aliphatic heterocycles. The second kappa shape index (κ2) is 5.51. The Morgan fingerprint density at radius 3 is 2.33 bits per heavy atom. The number of amides is 1. The molecule has 21 heavy (non-hydrogen) atoms. The van der Waals surface area contributed by atoms with Gasteiger partial charge >= 0.3 is 0 Å². The van der Waals surface area contributed by atoms with Gasteiger partial charge in [0.05, 0.1) is 23.8 Å². The Bertz CT molecular complexity index is 566. The van der Waals surface area contributed by atoms with Crippen molar-refractivity contribution in [2.45, 2.75) is 18.6 Å². The largest absolute Gasteiger partial charge is 0.347 e. The lowest BCUT2D eigenvalue weighted by atomic mass is 10.0. The maximum atomic E-state index is 13.3. The quantitative estimate of drug-likeness (QED) is 0.747. The molecule has 4 nitrogen and oxygen atoms in total. The van der Waals surface area contributed by atoms with Gasteiger partial charge in [-0.1, -0.05) is 11.6 Å². The number of hydrogen-bond donors (Lipinski definition) is 0. The van der Waals surface area contributed by atoms with Gasteiger partial charge in [-0.3, -0.25) is 4.79 Å². The van der Waals surface area contributed by atoms with Crippen LogP contribution in [0.3, 0.4) is 0 Å². The molecular formula is C14H14ClF2NO3. The van der Waals surface area contributed by atoms with Crippen LogP contribution in [0.2, 0.25) is 5.02 Å². The molecule has 114 valence electrons. The third kappa shape index (κ3) is 2.75. The standard InChI is InChI=1S/C14H14ClF2NO3/c15-10-8-12(17)11(16)7-9(10)13(19)18-3-1-14(2-4-18)20-5-6-21-14/h7-8H,1-6H2. The summed E-state index contributed by atoms with van der Waals surface area (Å²) in [5.41, 5.74) is -0.0280. The number of halogens is 3. The molecule has 0 aromatic heterocycles. The predicted molar refractivity (Wildman–Crippen MR) is 71.1 cm³/mol. The van der Waals surface area contributed by atoms with Crippen molar-refractivity contribution in [3.8, 4) is 0 Å². The number of ether oxygens (including phenoxy) is 2. The van der Waals surface area contributed by atoms with Crippen LogP contribution in [0.4, 0.5) is 8.78 Å². The fourth-order valence-electron chi connectivity index (χ4n) is 2.69. The van der Waals surface area contributed by atoms with Gasteiger partial charge in [0, 0.05) is 25.9 Å². The van der Waals surface area contributed by atoms with Crippen molar-refractivity contribution < 1.29 is 23.0 Å². The Balaban J connectivity index is 1.73. The number of rotatable bonds is 1. The summed E-state index contributed by atoms with van der Waals surface area (Å²) in [6.07, 6.45) is 1.11. The summed E-state index contributed by atoms with van der Waals surface area (Å²) < 4.78 is 37.5. The lowest BCUT2D eigenvalue weighted by Crippen LogP contribution is -2.47. The van der Waals surface area contributed by atoms with Crippen molar-refractivity contribution in [3.63, 3.8) is 0 Å². The number of likely N-dealkylation sites (tertiary alicyclic amines) is 1. The van der Waals surface area contributed by atoms with Gasteiger partial charge in [-0.2, -0.15) is 0 Å². The lowest BCUT2D eigenvalue weighted by molar-refractivity contribution is -0.181. The number of benzene rings is 1. The van der Waals surface area contributed by atoms with Gasteiger partial charge in [0.25, 0.3) is 5.91 Å². The Hall–Kier alpha value is -1.24. The molecule has 1 aromatic rings. The molecule has 2 fully saturated rings. The molecule has 0 N–H and O–H groups in total. The van der Waals surface area contributed by atoms with Crippen LogP contribution >= 0.6 is 11.6 Å². The van der Waals surface area contributed by atoms with Crippen LogP contribution < -0.4 is 0 Å². The minimum atomic E-state index is -1.08. The normalized spacial score (nSPS) is 21.0. The molecule has 2 heterocycles. The summed E-state index contributed by atoms with van der Waals surface area (Å²) in [4.78, 5) is 13.9. The zero-order valence-corrected chi connectivity index (χ0v) is 12.0. The summed E-state index contributed by atoms with van der Waals surface area (Å²) in [6.45, 7) is 1.97. The first-order chi connectivity index (χ1) is 10.0. The molecule has 0 aliphatic carbocycles. The van der Waals surface area contributed by atoms with E-state index >= 15 is 0 Å². The Morgan fingerprint density at radius 1 is 1.14 bits per heavy atom. The fourth-order valence-corrected chi connectivity index (χ4v) is 2.92. The van der Waals surface area contributed by atoms with Crippen LogP contribution in [-0.4, -0.2) is 42.9 Å². The number of carbonyl (C=O) groups is 1. The first kappa shape index (κ1) is 14.7. The van der Waals surface area contributed by atoms with E-state index in [1.54, 1.807) is 4.90 Å². The average molecular weight is 318 g/mol. The van der Waals surface area contributed by atoms with Crippen molar-refractivity contribution in [1.82, 2.24) is 4.90 Å². The summed E-state index contributed by atoms with van der Waals surface area (Å²) in [6, 6.07) is 1.66. The van der Waals surface area contributed by atoms with E-state index in [1.165, 1.54) is 0 Å². The molecular weight excluding hydrogens is 304 g/mol. The molecule has 0 unspecified atom stereocenters. The first-order valence-corrected chi connectivity index (χ1v) is 7.10. The molecule has 1 spiro atoms. The zero-order valence-electron chi connectivity index (χ0n) is 11.2. The third-order valence-corrected chi connectivity index (χ3v) is 4.18. The minimum Gasteiger partial charge on any atom is -0.347 e. The summed E-state index contributed by atoms with van der Waals surface area (Å²) in [5, 5.41) is -0.0902. The van der Waals surface area contributed by atoms with E-state index in [0.29, 0.717) is 39.1 Å². The van der Waals surface area contributed by atoms with Crippen molar-refractivity contribution >= 4 is 17.5 Å². The second-order valence-electron chi connectivity index (χ2n) is 5.15. The molecule has 2 aliphatic rings. The summed E-state index contributed by atoms with van der Waals surface area (Å²) in [5.74, 6) is -3.15. The predicted octanol–water partition coefficient (Wildman–Crippen LogP) is 2.60. The van der Waals surface area contributed by atoms with Gasteiger partial charge in [-0.05, 0) is 12.1 Å². The van der Waals surface area contributed by atoms with Crippen LogP contribution in [-0.2, 0) is 9.47 Å². The molecule has 0 bridgehead atoms. The molecule has 0 radical (unpaired) electrons. The van der Waals surface area contributed by atoms with E-state index < -0.39 is 23.3 Å². The maximum Gasteiger partial charge on any atom is 0.255 e. The average Bonchev–Trinajstić information content (AvgIpc) is 2.91. The van der Waals surface area contributed by atoms with E-state index in [0.717, 1.165) is 12.1 Å². The molecule has 1 aromatic carbocycles. The Kier molecular flexibility index (Phi) is 3.86. The molecule has 3 rings (SSSR count). The third-order valence-electron chi connectivity index (χ3n) is 3.87. The van der Waals surface area contributed by atoms with Crippen LogP contribution in [0.1, 0.15) is 23.2 Å². The molecule has 1 amide bonds. The van der Waals surface area contributed by atoms with Gasteiger partial charge in [-0.15, -0.1) is 0 Å². The first-order valence-electron chi connectivity index (χ1n) is 6.72. The smallest absolute Gasteiger partial charge is 0.255 e. The number of nitrogens with zero attached hydrogens (tertiary/aromatic N) is 1. The maximum absolute atomic E-state index is 13.3.